The summed E-state index contributed by atoms with van der Waals surface area (Å²) in [5.74, 6) is 0. The maximum atomic E-state index is 12.1. The number of hydrogen-bond donors (Lipinski definition) is 3. The number of rotatable bonds is 4. The van der Waals surface area contributed by atoms with Crippen molar-refractivity contribution in [2.24, 2.45) is 0 Å². The van der Waals surface area contributed by atoms with Crippen LogP contribution < -0.4 is 4.40 Å². The average Bonchev–Trinajstić information content (AvgIpc) is 3.07. The number of hydrogen-bond acceptors (Lipinski definition) is 3. The van der Waals surface area contributed by atoms with E-state index < -0.39 is 28.8 Å². The second kappa shape index (κ2) is 19.9. The van der Waals surface area contributed by atoms with Crippen LogP contribution in [0.5, 0.6) is 0 Å². The number of alkyl halides is 6. The molecule has 0 saturated carbocycles. The first-order valence-electron chi connectivity index (χ1n) is 9.43. The molecule has 0 spiro atoms. The Kier molecular flexibility index (Phi) is 24.9. The maximum Gasteiger partial charge on any atom is 0 e. The molecule has 0 radical (unpaired) electrons. The summed E-state index contributed by atoms with van der Waals surface area (Å²) in [5, 5.41) is 14.9. The third-order valence-electron chi connectivity index (χ3n) is 3.45. The van der Waals surface area contributed by atoms with Crippen molar-refractivity contribution < 1.29 is 67.5 Å². The van der Waals surface area contributed by atoms with E-state index in [1.54, 1.807) is 20.8 Å². The average molecular weight is 677 g/mol. The van der Waals surface area contributed by atoms with Crippen LogP contribution in [0.3, 0.4) is 0 Å². The van der Waals surface area contributed by atoms with Gasteiger partial charge in [0.2, 0.25) is 0 Å². The molecular weight excluding hydrogens is 641 g/mol. The minimum absolute atomic E-state index is 0. The van der Waals surface area contributed by atoms with E-state index in [2.05, 4.69) is 0 Å². The van der Waals surface area contributed by atoms with Gasteiger partial charge in [0.15, 0.2) is 0 Å². The summed E-state index contributed by atoms with van der Waals surface area (Å²) in [4.78, 5) is 0. The zero-order chi connectivity index (χ0) is 23.8. The van der Waals surface area contributed by atoms with Gasteiger partial charge in [0, 0.05) is 25.8 Å². The second-order valence-corrected chi connectivity index (χ2v) is 12.5. The molecule has 0 heterocycles. The van der Waals surface area contributed by atoms with Gasteiger partial charge in [-0.25, -0.2) is 0 Å². The Hall–Kier alpha value is 0.223. The molecule has 3 atom stereocenters. The zero-order valence-corrected chi connectivity index (χ0v) is 24.4. The summed E-state index contributed by atoms with van der Waals surface area (Å²) in [6, 6.07) is 4.16. The van der Waals surface area contributed by atoms with Crippen LogP contribution in [0.4, 0.5) is 26.3 Å². The van der Waals surface area contributed by atoms with Crippen molar-refractivity contribution in [3.63, 3.8) is 0 Å². The van der Waals surface area contributed by atoms with Gasteiger partial charge < -0.3 is 15.3 Å². The molecule has 3 unspecified atom stereocenters. The molecule has 0 fully saturated rings. The largest absolute Gasteiger partial charge is 0 e. The molecule has 0 aliphatic carbocycles. The molecule has 0 saturated heterocycles. The summed E-state index contributed by atoms with van der Waals surface area (Å²) in [6.45, 7) is 11.2. The van der Waals surface area contributed by atoms with E-state index in [9.17, 15) is 26.3 Å². The molecule has 1 rings (SSSR count). The molecule has 0 aliphatic rings. The van der Waals surface area contributed by atoms with Gasteiger partial charge in [-0.2, -0.15) is 0 Å². The summed E-state index contributed by atoms with van der Waals surface area (Å²) in [7, 11) is 0. The van der Waals surface area contributed by atoms with E-state index in [1.807, 2.05) is 20.8 Å². The van der Waals surface area contributed by atoms with Crippen LogP contribution in [-0.4, -0.2) is 58.0 Å². The summed E-state index contributed by atoms with van der Waals surface area (Å²) < 4.78 is 72.3. The second-order valence-electron chi connectivity index (χ2n) is 6.51. The zero-order valence-electron chi connectivity index (χ0n) is 18.3. The third kappa shape index (κ3) is 24.5. The van der Waals surface area contributed by atoms with Crippen molar-refractivity contribution in [1.82, 2.24) is 0 Å². The predicted molar refractivity (Wildman–Crippen MR) is 107 cm³/mol. The van der Waals surface area contributed by atoms with Crippen molar-refractivity contribution in [2.45, 2.75) is 89.1 Å². The summed E-state index contributed by atoms with van der Waals surface area (Å²) >= 11 is -5.46. The van der Waals surface area contributed by atoms with Gasteiger partial charge in [-0.15, -0.1) is 0 Å². The van der Waals surface area contributed by atoms with Gasteiger partial charge in [-0.3, -0.25) is 0 Å². The molecule has 180 valence electrons. The van der Waals surface area contributed by atoms with E-state index in [0.29, 0.717) is 0 Å². The van der Waals surface area contributed by atoms with Crippen LogP contribution in [0.25, 0.3) is 0 Å². The molecule has 0 amide bonds. The first-order chi connectivity index (χ1) is 13.0. The Labute approximate surface area is 199 Å². The smallest absolute Gasteiger partial charge is 0 e. The van der Waals surface area contributed by atoms with Crippen LogP contribution in [-0.2, 0) is 25.8 Å². The quantitative estimate of drug-likeness (QED) is 0.253. The van der Waals surface area contributed by atoms with Crippen LogP contribution in [0.15, 0.2) is 24.3 Å². The van der Waals surface area contributed by atoms with E-state index in [0.717, 1.165) is 31.4 Å². The first kappa shape index (κ1) is 37.5. The van der Waals surface area contributed by atoms with Crippen LogP contribution in [0.2, 0.25) is 0 Å². The summed E-state index contributed by atoms with van der Waals surface area (Å²) in [6.07, 6.45) is 2.24. The van der Waals surface area contributed by atoms with Gasteiger partial charge in [0.05, 0.1) is 18.3 Å². The Morgan fingerprint density at radius 1 is 0.700 bits per heavy atom. The molecule has 0 aromatic heterocycles. The van der Waals surface area contributed by atoms with Gasteiger partial charge in [0.1, 0.15) is 0 Å². The standard InChI is InChI=1S/C7H5F6Ge.3C4H10O.Hf/c8-6(9,10)14(7(11,12)13)5-3-1-2-4-5;3*1-3-4(2)5;/h1-4,14H;3*4-5H,3H2,1-2H3;/q-1;;;;. The molecule has 3 N–H and O–H groups in total. The number of halogens is 6. The fourth-order valence-corrected chi connectivity index (χ4v) is 4.78. The topological polar surface area (TPSA) is 60.7 Å². The van der Waals surface area contributed by atoms with Crippen molar-refractivity contribution >= 4 is 18.7 Å². The molecule has 1 aromatic carbocycles. The fraction of sp³-hybridized carbons (Fsp3) is 0.737. The van der Waals surface area contributed by atoms with Crippen molar-refractivity contribution in [2.75, 3.05) is 0 Å². The molecular formula is C19H35F6GeHfO3-. The summed E-state index contributed by atoms with van der Waals surface area (Å²) in [5.41, 5.74) is 0. The Balaban J connectivity index is -0.000000176. The maximum absolute atomic E-state index is 12.1. The van der Waals surface area contributed by atoms with Crippen LogP contribution in [0.1, 0.15) is 60.8 Å². The molecule has 0 aliphatic heterocycles. The van der Waals surface area contributed by atoms with Crippen molar-refractivity contribution in [3.05, 3.63) is 24.3 Å². The minimum atomic E-state index is -5.46. The molecule has 3 nitrogen and oxygen atoms in total. The normalized spacial score (nSPS) is 13.9. The minimum Gasteiger partial charge on any atom is 0 e. The predicted octanol–water partition coefficient (Wildman–Crippen LogP) is 4.37. The van der Waals surface area contributed by atoms with Crippen LogP contribution in [0, 0.1) is 0 Å². The van der Waals surface area contributed by atoms with Crippen molar-refractivity contribution in [1.29, 1.82) is 0 Å². The van der Waals surface area contributed by atoms with Gasteiger partial charge in [-0.1, -0.05) is 20.8 Å². The fourth-order valence-electron chi connectivity index (χ4n) is 1.14. The molecule has 30 heavy (non-hydrogen) atoms. The van der Waals surface area contributed by atoms with E-state index in [4.69, 9.17) is 15.3 Å². The van der Waals surface area contributed by atoms with E-state index in [-0.39, 0.29) is 44.2 Å². The van der Waals surface area contributed by atoms with Crippen LogP contribution >= 0.6 is 0 Å². The van der Waals surface area contributed by atoms with E-state index >= 15 is 0 Å². The third-order valence-corrected chi connectivity index (χ3v) is 8.40. The Morgan fingerprint density at radius 2 is 0.900 bits per heavy atom. The number of aliphatic hydroxyl groups excluding tert-OH is 3. The Morgan fingerprint density at radius 3 is 1.03 bits per heavy atom. The van der Waals surface area contributed by atoms with Crippen molar-refractivity contribution in [3.8, 4) is 0 Å². The van der Waals surface area contributed by atoms with Gasteiger partial charge in [0.25, 0.3) is 0 Å². The Bertz CT molecular complexity index is 431. The van der Waals surface area contributed by atoms with E-state index in [1.165, 1.54) is 12.1 Å². The van der Waals surface area contributed by atoms with Gasteiger partial charge >= 0.3 is 79.4 Å². The van der Waals surface area contributed by atoms with Gasteiger partial charge in [-0.05, 0) is 40.0 Å². The molecule has 1 aromatic rings. The SMILES string of the molecule is CCC(C)O.CCC(C)O.CCC(C)O.F[C](F)(F)[GeH]([c-]1cccc1)[C](F)(F)F.[Hf]. The monoisotopic (exact) mass is 679 g/mol. The number of aliphatic hydroxyl groups is 3. The molecule has 0 bridgehead atoms. The molecule has 11 heteroatoms. The first-order valence-corrected chi connectivity index (χ1v) is 13.1.